The third kappa shape index (κ3) is 4.03. The van der Waals surface area contributed by atoms with Gasteiger partial charge in [0.25, 0.3) is 0 Å². The minimum atomic E-state index is -0.974. The molecule has 1 aliphatic rings. The first-order valence-electron chi connectivity index (χ1n) is 11.6. The number of nitrogens with one attached hydrogen (secondary N) is 1. The zero-order valence-corrected chi connectivity index (χ0v) is 20.9. The van der Waals surface area contributed by atoms with Crippen molar-refractivity contribution in [2.45, 2.75) is 32.9 Å². The van der Waals surface area contributed by atoms with E-state index in [9.17, 15) is 14.3 Å². The first-order valence-corrected chi connectivity index (χ1v) is 12.0. The molecule has 0 bridgehead atoms. The molecule has 6 nitrogen and oxygen atoms in total. The number of carbonyl (C=O) groups is 1. The van der Waals surface area contributed by atoms with Crippen molar-refractivity contribution in [2.75, 3.05) is 4.90 Å². The average Bonchev–Trinajstić information content (AvgIpc) is 3.36. The summed E-state index contributed by atoms with van der Waals surface area (Å²) in [4.78, 5) is 18.2. The monoisotopic (exact) mass is 500 g/mol. The lowest BCUT2D eigenvalue weighted by Gasteiger charge is -2.28. The molecule has 0 spiro atoms. The molecule has 3 heterocycles. The van der Waals surface area contributed by atoms with Crippen LogP contribution < -0.4 is 10.2 Å². The Hall–Kier alpha value is -4.04. The highest BCUT2D eigenvalue weighted by atomic mass is 32.1. The van der Waals surface area contributed by atoms with E-state index in [4.69, 9.17) is 12.2 Å². The molecule has 36 heavy (non-hydrogen) atoms. The van der Waals surface area contributed by atoms with Gasteiger partial charge in [0.1, 0.15) is 5.82 Å². The topological polar surface area (TPSA) is 70.4 Å². The zero-order chi connectivity index (χ0) is 25.6. The molecule has 0 saturated carbocycles. The lowest BCUT2D eigenvalue weighted by molar-refractivity contribution is 0.0697. The summed E-state index contributed by atoms with van der Waals surface area (Å²) in [6, 6.07) is 19.2. The van der Waals surface area contributed by atoms with Gasteiger partial charge in [0.15, 0.2) is 5.11 Å². The number of thiocarbonyl (C=S) groups is 1. The maximum Gasteiger partial charge on any atom is 0.335 e. The first-order chi connectivity index (χ1) is 17.3. The Morgan fingerprint density at radius 3 is 2.53 bits per heavy atom. The standard InChI is InChI=1S/C28H25FN4O2S/c1-16-13-21(10-11-23(16)29)33-26(25(31-28(33)36)24-9-4-5-12-30-24)22-14-17(2)32(18(22)3)20-8-6-7-19(15-20)27(34)35/h4-15,25-26H,1-3H3,(H,31,36)(H,34,35)/t25-,26+/m0/s1. The van der Waals surface area contributed by atoms with Crippen LogP contribution in [0.15, 0.2) is 72.9 Å². The number of aromatic nitrogens is 2. The molecule has 8 heteroatoms. The number of hydrogen-bond acceptors (Lipinski definition) is 3. The van der Waals surface area contributed by atoms with E-state index in [1.54, 1.807) is 43.5 Å². The van der Waals surface area contributed by atoms with Gasteiger partial charge in [-0.25, -0.2) is 9.18 Å². The number of rotatable bonds is 5. The van der Waals surface area contributed by atoms with E-state index in [0.29, 0.717) is 10.7 Å². The molecule has 5 rings (SSSR count). The maximum absolute atomic E-state index is 14.1. The molecule has 2 aromatic carbocycles. The third-order valence-electron chi connectivity index (χ3n) is 6.66. The van der Waals surface area contributed by atoms with Crippen LogP contribution in [0.1, 0.15) is 50.7 Å². The highest BCUT2D eigenvalue weighted by molar-refractivity contribution is 7.80. The van der Waals surface area contributed by atoms with Crippen molar-refractivity contribution in [3.8, 4) is 5.69 Å². The average molecular weight is 501 g/mol. The second-order valence-electron chi connectivity index (χ2n) is 8.95. The summed E-state index contributed by atoms with van der Waals surface area (Å²) in [5, 5.41) is 13.5. The highest BCUT2D eigenvalue weighted by Gasteiger charge is 2.42. The molecule has 2 aromatic heterocycles. The Kier molecular flexibility index (Phi) is 6.05. The van der Waals surface area contributed by atoms with Crippen LogP contribution in [0.4, 0.5) is 10.1 Å². The molecule has 0 amide bonds. The molecule has 0 aliphatic carbocycles. The van der Waals surface area contributed by atoms with E-state index in [-0.39, 0.29) is 23.5 Å². The number of carboxylic acids is 1. The van der Waals surface area contributed by atoms with Crippen LogP contribution in [-0.2, 0) is 0 Å². The minimum Gasteiger partial charge on any atom is -0.478 e. The summed E-state index contributed by atoms with van der Waals surface area (Å²) in [5.74, 6) is -1.25. The van der Waals surface area contributed by atoms with Crippen molar-refractivity contribution in [3.63, 3.8) is 0 Å². The SMILES string of the molecule is Cc1cc(N2C(=S)N[C@@H](c3ccccn3)[C@H]2c2cc(C)n(-c3cccc(C(=O)O)c3)c2C)ccc1F. The van der Waals surface area contributed by atoms with E-state index in [0.717, 1.165) is 34.0 Å². The van der Waals surface area contributed by atoms with Gasteiger partial charge in [-0.15, -0.1) is 0 Å². The second-order valence-corrected chi connectivity index (χ2v) is 9.33. The van der Waals surface area contributed by atoms with Crippen molar-refractivity contribution in [2.24, 2.45) is 0 Å². The van der Waals surface area contributed by atoms with Crippen LogP contribution in [0.3, 0.4) is 0 Å². The van der Waals surface area contributed by atoms with Crippen molar-refractivity contribution in [1.29, 1.82) is 0 Å². The van der Waals surface area contributed by atoms with E-state index in [1.165, 1.54) is 6.07 Å². The van der Waals surface area contributed by atoms with Gasteiger partial charge in [-0.3, -0.25) is 4.98 Å². The Bertz CT molecular complexity index is 1480. The summed E-state index contributed by atoms with van der Waals surface area (Å²) < 4.78 is 16.2. The van der Waals surface area contributed by atoms with Gasteiger partial charge < -0.3 is 19.9 Å². The van der Waals surface area contributed by atoms with Gasteiger partial charge in [-0.1, -0.05) is 12.1 Å². The van der Waals surface area contributed by atoms with Crippen LogP contribution >= 0.6 is 12.2 Å². The Morgan fingerprint density at radius 1 is 1.03 bits per heavy atom. The molecule has 1 saturated heterocycles. The summed E-state index contributed by atoms with van der Waals surface area (Å²) in [6.07, 6.45) is 1.75. The Balaban J connectivity index is 1.68. The molecule has 2 N–H and O–H groups in total. The first kappa shape index (κ1) is 23.7. The smallest absolute Gasteiger partial charge is 0.335 e. The summed E-state index contributed by atoms with van der Waals surface area (Å²) in [6.45, 7) is 5.74. The molecular formula is C28H25FN4O2S. The number of halogens is 1. The lowest BCUT2D eigenvalue weighted by atomic mass is 9.96. The quantitative estimate of drug-likeness (QED) is 0.337. The predicted molar refractivity (Wildman–Crippen MR) is 141 cm³/mol. The van der Waals surface area contributed by atoms with Crippen molar-refractivity contribution in [1.82, 2.24) is 14.9 Å². The predicted octanol–water partition coefficient (Wildman–Crippen LogP) is 5.81. The summed E-state index contributed by atoms with van der Waals surface area (Å²) in [7, 11) is 0. The number of aryl methyl sites for hydroxylation is 2. The molecular weight excluding hydrogens is 475 g/mol. The number of pyridine rings is 1. The van der Waals surface area contributed by atoms with Crippen molar-refractivity contribution in [3.05, 3.63) is 113 Å². The van der Waals surface area contributed by atoms with E-state index in [1.807, 2.05) is 47.6 Å². The largest absolute Gasteiger partial charge is 0.478 e. The fourth-order valence-electron chi connectivity index (χ4n) is 4.99. The molecule has 0 radical (unpaired) electrons. The number of hydrogen-bond donors (Lipinski definition) is 2. The lowest BCUT2D eigenvalue weighted by Crippen LogP contribution is -2.29. The number of anilines is 1. The molecule has 4 aromatic rings. The van der Waals surface area contributed by atoms with Gasteiger partial charge in [0.2, 0.25) is 0 Å². The number of nitrogens with zero attached hydrogens (tertiary/aromatic N) is 3. The molecule has 1 aliphatic heterocycles. The van der Waals surface area contributed by atoms with Gasteiger partial charge in [0, 0.05) is 29.0 Å². The Morgan fingerprint density at radius 2 is 1.83 bits per heavy atom. The van der Waals surface area contributed by atoms with Crippen LogP contribution in [0.5, 0.6) is 0 Å². The zero-order valence-electron chi connectivity index (χ0n) is 20.1. The fraction of sp³-hybridized carbons (Fsp3) is 0.179. The van der Waals surface area contributed by atoms with Crippen molar-refractivity contribution >= 4 is 29.0 Å². The number of carboxylic acid groups (broad SMARTS) is 1. The second kappa shape index (κ2) is 9.20. The van der Waals surface area contributed by atoms with Crippen LogP contribution in [0, 0.1) is 26.6 Å². The van der Waals surface area contributed by atoms with E-state index in [2.05, 4.69) is 16.4 Å². The normalized spacial score (nSPS) is 17.3. The van der Waals surface area contributed by atoms with Gasteiger partial charge in [-0.05, 0) is 98.7 Å². The molecule has 0 unspecified atom stereocenters. The minimum absolute atomic E-state index is 0.222. The molecule has 182 valence electrons. The van der Waals surface area contributed by atoms with Crippen molar-refractivity contribution < 1.29 is 14.3 Å². The van der Waals surface area contributed by atoms with Crippen LogP contribution in [0.25, 0.3) is 5.69 Å². The van der Waals surface area contributed by atoms with Crippen LogP contribution in [0.2, 0.25) is 0 Å². The summed E-state index contributed by atoms with van der Waals surface area (Å²) in [5.41, 5.74) is 6.07. The van der Waals surface area contributed by atoms with Gasteiger partial charge >= 0.3 is 5.97 Å². The van der Waals surface area contributed by atoms with E-state index >= 15 is 0 Å². The van der Waals surface area contributed by atoms with Gasteiger partial charge in [0.05, 0.1) is 23.3 Å². The molecule has 2 atom stereocenters. The highest BCUT2D eigenvalue weighted by Crippen LogP contribution is 2.44. The number of benzene rings is 2. The third-order valence-corrected chi connectivity index (χ3v) is 6.97. The maximum atomic E-state index is 14.1. The summed E-state index contributed by atoms with van der Waals surface area (Å²) >= 11 is 5.80. The van der Waals surface area contributed by atoms with Crippen LogP contribution in [-0.4, -0.2) is 25.7 Å². The van der Waals surface area contributed by atoms with E-state index < -0.39 is 5.97 Å². The number of aromatic carboxylic acids is 1. The van der Waals surface area contributed by atoms with Gasteiger partial charge in [-0.2, -0.15) is 0 Å². The Labute approximate surface area is 214 Å². The molecule has 1 fully saturated rings. The fourth-order valence-corrected chi connectivity index (χ4v) is 5.34.